The number of nitrogens with zero attached hydrogens (tertiary/aromatic N) is 1. The normalized spacial score (nSPS) is 10.8. The first kappa shape index (κ1) is 21.2. The van der Waals surface area contributed by atoms with Gasteiger partial charge in [0.15, 0.2) is 0 Å². The van der Waals surface area contributed by atoms with Gasteiger partial charge in [0, 0.05) is 0 Å². The van der Waals surface area contributed by atoms with Crippen LogP contribution in [0.3, 0.4) is 0 Å². The van der Waals surface area contributed by atoms with Crippen LogP contribution in [0.25, 0.3) is 0 Å². The number of carbonyl (C=O) groups is 1. The molecule has 0 saturated carbocycles. The van der Waals surface area contributed by atoms with Gasteiger partial charge in [0.2, 0.25) is 0 Å². The minimum absolute atomic E-state index is 0.0655. The molecule has 2 N–H and O–H groups in total. The van der Waals surface area contributed by atoms with Gasteiger partial charge in [-0.1, -0.05) is 91.0 Å². The van der Waals surface area contributed by atoms with E-state index in [0.717, 1.165) is 12.8 Å². The topological polar surface area (TPSA) is 60.8 Å². The fraction of sp³-hybridized carbons (Fsp3) is 0.208. The molecule has 146 valence electrons. The fourth-order valence-electron chi connectivity index (χ4n) is 3.46. The molecule has 0 aliphatic carbocycles. The van der Waals surface area contributed by atoms with Gasteiger partial charge < -0.3 is 10.2 Å². The van der Waals surface area contributed by atoms with Gasteiger partial charge in [-0.2, -0.15) is 0 Å². The lowest BCUT2D eigenvalue weighted by atomic mass is 9.78. The Labute approximate surface area is 166 Å². The number of benzene rings is 3. The van der Waals surface area contributed by atoms with Gasteiger partial charge in [-0.05, 0) is 43.6 Å². The Morgan fingerprint density at radius 3 is 1.36 bits per heavy atom. The first-order chi connectivity index (χ1) is 13.4. The molecule has 4 nitrogen and oxygen atoms in total. The molecule has 3 rings (SSSR count). The maximum atomic E-state index is 8.56. The highest BCUT2D eigenvalue weighted by molar-refractivity contribution is 5.53. The van der Waals surface area contributed by atoms with Crippen LogP contribution in [0, 0.1) is 0 Å². The average molecular weight is 377 g/mol. The van der Waals surface area contributed by atoms with Crippen LogP contribution in [0.1, 0.15) is 16.7 Å². The Hall–Kier alpha value is -3.11. The van der Waals surface area contributed by atoms with E-state index in [1.807, 2.05) is 0 Å². The lowest BCUT2D eigenvalue weighted by Crippen LogP contribution is -2.45. The summed E-state index contributed by atoms with van der Waals surface area (Å²) in [6.45, 7) is 0. The summed E-state index contributed by atoms with van der Waals surface area (Å²) in [5, 5.41) is 13.9. The highest BCUT2D eigenvalue weighted by atomic mass is 16.6. The molecular formula is C24H27NO3. The Morgan fingerprint density at radius 2 is 1.04 bits per heavy atom. The van der Waals surface area contributed by atoms with Gasteiger partial charge in [0.25, 0.3) is 0 Å². The first-order valence-corrected chi connectivity index (χ1v) is 9.17. The molecule has 0 unspecified atom stereocenters. The largest absolute Gasteiger partial charge is 0.503 e. The highest BCUT2D eigenvalue weighted by Gasteiger charge is 2.35. The summed E-state index contributed by atoms with van der Waals surface area (Å²) in [4.78, 5) is 10.9. The molecule has 3 aromatic carbocycles. The van der Waals surface area contributed by atoms with Gasteiger partial charge in [-0.3, -0.25) is 4.90 Å². The highest BCUT2D eigenvalue weighted by Crippen LogP contribution is 2.34. The summed E-state index contributed by atoms with van der Waals surface area (Å²) in [6.07, 6.45) is 0.138. The molecule has 0 heterocycles. The molecule has 3 aromatic rings. The maximum absolute atomic E-state index is 8.56. The van der Waals surface area contributed by atoms with Crippen LogP contribution >= 0.6 is 0 Å². The van der Waals surface area contributed by atoms with E-state index >= 15 is 0 Å². The van der Waals surface area contributed by atoms with Crippen molar-refractivity contribution in [1.29, 1.82) is 0 Å². The van der Waals surface area contributed by atoms with Crippen molar-refractivity contribution in [3.8, 4) is 0 Å². The van der Waals surface area contributed by atoms with Crippen LogP contribution in [0.15, 0.2) is 91.0 Å². The zero-order valence-electron chi connectivity index (χ0n) is 16.3. The van der Waals surface area contributed by atoms with E-state index in [-0.39, 0.29) is 5.54 Å². The summed E-state index contributed by atoms with van der Waals surface area (Å²) in [5.74, 6) is 0. The molecule has 28 heavy (non-hydrogen) atoms. The van der Waals surface area contributed by atoms with Crippen LogP contribution < -0.4 is 0 Å². The van der Waals surface area contributed by atoms with Crippen molar-refractivity contribution >= 4 is 6.16 Å². The van der Waals surface area contributed by atoms with Crippen molar-refractivity contribution in [3.05, 3.63) is 108 Å². The molecule has 0 aliphatic rings. The number of hydrogen-bond acceptors (Lipinski definition) is 2. The van der Waals surface area contributed by atoms with Crippen molar-refractivity contribution < 1.29 is 15.0 Å². The second-order valence-electron chi connectivity index (χ2n) is 6.90. The third-order valence-electron chi connectivity index (χ3n) is 4.85. The van der Waals surface area contributed by atoms with Gasteiger partial charge in [-0.15, -0.1) is 0 Å². The Kier molecular flexibility index (Phi) is 7.78. The molecule has 0 aromatic heterocycles. The smallest absolute Gasteiger partial charge is 0.450 e. The van der Waals surface area contributed by atoms with E-state index in [1.54, 1.807) is 0 Å². The summed E-state index contributed by atoms with van der Waals surface area (Å²) >= 11 is 0. The van der Waals surface area contributed by atoms with Gasteiger partial charge in [-0.25, -0.2) is 4.79 Å². The number of rotatable bonds is 6. The molecule has 0 atom stereocenters. The van der Waals surface area contributed by atoms with E-state index in [0.29, 0.717) is 0 Å². The molecule has 0 bridgehead atoms. The van der Waals surface area contributed by atoms with Crippen molar-refractivity contribution in [1.82, 2.24) is 4.90 Å². The molecule has 0 fully saturated rings. The summed E-state index contributed by atoms with van der Waals surface area (Å²) in [5.41, 5.74) is 4.03. The quantitative estimate of drug-likeness (QED) is 0.623. The van der Waals surface area contributed by atoms with Crippen LogP contribution in [0.2, 0.25) is 0 Å². The monoisotopic (exact) mass is 377 g/mol. The van der Waals surface area contributed by atoms with Gasteiger partial charge >= 0.3 is 6.16 Å². The average Bonchev–Trinajstić information content (AvgIpc) is 2.69. The van der Waals surface area contributed by atoms with Gasteiger partial charge in [0.05, 0.1) is 5.54 Å². The number of carboxylic acid groups (broad SMARTS) is 2. The van der Waals surface area contributed by atoms with E-state index in [2.05, 4.69) is 110 Å². The molecule has 0 amide bonds. The molecule has 0 saturated heterocycles. The van der Waals surface area contributed by atoms with E-state index in [1.165, 1.54) is 16.7 Å². The van der Waals surface area contributed by atoms with Crippen molar-refractivity contribution in [2.75, 3.05) is 14.1 Å². The third-order valence-corrected chi connectivity index (χ3v) is 4.85. The molecular weight excluding hydrogens is 350 g/mol. The lowest BCUT2D eigenvalue weighted by molar-refractivity contribution is 0.137. The zero-order chi connectivity index (χ0) is 20.4. The zero-order valence-corrected chi connectivity index (χ0v) is 16.3. The standard InChI is InChI=1S/C23H25N.CH2O3/c1-24(2)23(22-16-10-5-11-17-22,18-20-12-6-3-7-13-20)19-21-14-8-4-9-15-21;2-1(3)4/h3-17H,18-19H2,1-2H3;(H2,2,3,4). The molecule has 0 aliphatic heterocycles. The van der Waals surface area contributed by atoms with E-state index in [9.17, 15) is 0 Å². The summed E-state index contributed by atoms with van der Waals surface area (Å²) in [7, 11) is 4.39. The van der Waals surface area contributed by atoms with Crippen LogP contribution in [0.4, 0.5) is 4.79 Å². The lowest BCUT2D eigenvalue weighted by Gasteiger charge is -2.41. The predicted molar refractivity (Wildman–Crippen MR) is 113 cm³/mol. The van der Waals surface area contributed by atoms with Gasteiger partial charge in [0.1, 0.15) is 0 Å². The molecule has 4 heteroatoms. The first-order valence-electron chi connectivity index (χ1n) is 9.17. The molecule has 0 spiro atoms. The van der Waals surface area contributed by atoms with Crippen molar-refractivity contribution in [2.45, 2.75) is 18.4 Å². The predicted octanol–water partition coefficient (Wildman–Crippen LogP) is 5.15. The van der Waals surface area contributed by atoms with Crippen LogP contribution in [-0.4, -0.2) is 35.4 Å². The Bertz CT molecular complexity index is 788. The summed E-state index contributed by atoms with van der Waals surface area (Å²) in [6, 6.07) is 32.5. The van der Waals surface area contributed by atoms with Crippen LogP contribution in [-0.2, 0) is 18.4 Å². The maximum Gasteiger partial charge on any atom is 0.503 e. The second kappa shape index (κ2) is 10.3. The summed E-state index contributed by atoms with van der Waals surface area (Å²) < 4.78 is 0. The second-order valence-corrected chi connectivity index (χ2v) is 6.90. The third kappa shape index (κ3) is 5.96. The SMILES string of the molecule is CN(C)C(Cc1ccccc1)(Cc1ccccc1)c1ccccc1.O=C(O)O. The van der Waals surface area contributed by atoms with E-state index < -0.39 is 6.16 Å². The minimum atomic E-state index is -1.83. The Balaban J connectivity index is 0.000000640. The van der Waals surface area contributed by atoms with Crippen LogP contribution in [0.5, 0.6) is 0 Å². The fourth-order valence-corrected chi connectivity index (χ4v) is 3.46. The minimum Gasteiger partial charge on any atom is -0.450 e. The van der Waals surface area contributed by atoms with E-state index in [4.69, 9.17) is 15.0 Å². The Morgan fingerprint density at radius 1 is 0.714 bits per heavy atom. The number of likely N-dealkylation sites (N-methyl/N-ethyl adjacent to an activating group) is 1. The van der Waals surface area contributed by atoms with Crippen molar-refractivity contribution in [2.24, 2.45) is 0 Å². The van der Waals surface area contributed by atoms with Crippen molar-refractivity contribution in [3.63, 3.8) is 0 Å². The molecule has 0 radical (unpaired) electrons. The number of hydrogen-bond donors (Lipinski definition) is 2.